The van der Waals surface area contributed by atoms with Crippen LogP contribution in [0.2, 0.25) is 19.6 Å². The molecule has 0 saturated heterocycles. The molecule has 0 aliphatic carbocycles. The predicted octanol–water partition coefficient (Wildman–Crippen LogP) is 1.77. The molecule has 9 heavy (non-hydrogen) atoms. The van der Waals surface area contributed by atoms with Crippen molar-refractivity contribution in [2.45, 2.75) is 32.9 Å². The van der Waals surface area contributed by atoms with Crippen LogP contribution in [-0.2, 0) is 9.22 Å². The van der Waals surface area contributed by atoms with E-state index in [4.69, 9.17) is 9.91 Å². The predicted molar refractivity (Wildman–Crippen MR) is 39.7 cm³/mol. The van der Waals surface area contributed by atoms with E-state index in [0.717, 1.165) is 0 Å². The van der Waals surface area contributed by atoms with Crippen molar-refractivity contribution in [2.75, 3.05) is 0 Å². The zero-order valence-corrected chi connectivity index (χ0v) is 6.89. The summed E-state index contributed by atoms with van der Waals surface area (Å²) in [6.07, 6.45) is -2.53. The van der Waals surface area contributed by atoms with Gasteiger partial charge < -0.3 is 4.43 Å². The van der Waals surface area contributed by atoms with Crippen LogP contribution in [0.3, 0.4) is 0 Å². The SMILES string of the molecule is [2H]C([2H])C([2H])([2H])C(=O)O[Si](C)(C)C. The lowest BCUT2D eigenvalue weighted by Gasteiger charge is -2.15. The van der Waals surface area contributed by atoms with Crippen molar-refractivity contribution in [3.8, 4) is 0 Å². The van der Waals surface area contributed by atoms with Gasteiger partial charge in [-0.15, -0.1) is 0 Å². The average Bonchev–Trinajstić information content (AvgIpc) is 1.82. The number of carbonyl (C=O) groups is 1. The third-order valence-electron chi connectivity index (χ3n) is 0.517. The van der Waals surface area contributed by atoms with Gasteiger partial charge in [0.1, 0.15) is 0 Å². The molecule has 0 amide bonds. The molecule has 0 aromatic rings. The Morgan fingerprint density at radius 3 is 2.67 bits per heavy atom. The van der Waals surface area contributed by atoms with E-state index in [1.807, 2.05) is 0 Å². The van der Waals surface area contributed by atoms with Gasteiger partial charge in [-0.05, 0) is 19.6 Å². The fourth-order valence-corrected chi connectivity index (χ4v) is 0.923. The highest BCUT2D eigenvalue weighted by atomic mass is 28.4. The second-order valence-corrected chi connectivity index (χ2v) is 7.08. The number of hydrogen-bond donors (Lipinski definition) is 0. The fourth-order valence-electron chi connectivity index (χ4n) is 0.308. The van der Waals surface area contributed by atoms with Crippen LogP contribution in [0.4, 0.5) is 0 Å². The lowest BCUT2D eigenvalue weighted by molar-refractivity contribution is -0.134. The largest absolute Gasteiger partial charge is 0.520 e. The Balaban J connectivity index is 4.44. The van der Waals surface area contributed by atoms with Gasteiger partial charge in [-0.2, -0.15) is 0 Å². The zero-order valence-electron chi connectivity index (χ0n) is 9.89. The summed E-state index contributed by atoms with van der Waals surface area (Å²) in [4.78, 5) is 11.1. The minimum Gasteiger partial charge on any atom is -0.520 e. The van der Waals surface area contributed by atoms with Gasteiger partial charge in [0.25, 0.3) is 5.97 Å². The van der Waals surface area contributed by atoms with E-state index in [-0.39, 0.29) is 0 Å². The molecule has 0 saturated carbocycles. The van der Waals surface area contributed by atoms with Crippen molar-refractivity contribution < 1.29 is 14.7 Å². The Kier molecular flexibility index (Phi) is 1.26. The van der Waals surface area contributed by atoms with Gasteiger partial charge in [-0.1, -0.05) is 6.88 Å². The molecule has 0 N–H and O–H groups in total. The minimum atomic E-state index is -2.53. The Hall–Kier alpha value is -0.313. The molecule has 0 rings (SSSR count). The molecule has 0 fully saturated rings. The van der Waals surface area contributed by atoms with Gasteiger partial charge in [-0.25, -0.2) is 0 Å². The van der Waals surface area contributed by atoms with Crippen molar-refractivity contribution in [1.29, 1.82) is 0 Å². The highest BCUT2D eigenvalue weighted by Gasteiger charge is 2.18. The van der Waals surface area contributed by atoms with Crippen molar-refractivity contribution >= 4 is 14.3 Å². The molecule has 0 atom stereocenters. The molecule has 0 radical (unpaired) electrons. The summed E-state index contributed by atoms with van der Waals surface area (Å²) in [5.41, 5.74) is 0. The standard InChI is InChI=1S/C6H14O2Si/c1-5-6(7)8-9(2,3)4/h5H2,1-4H3/i1D2,5D2. The van der Waals surface area contributed by atoms with Gasteiger partial charge >= 0.3 is 0 Å². The molecule has 0 bridgehead atoms. The van der Waals surface area contributed by atoms with Crippen LogP contribution in [0.1, 0.15) is 18.7 Å². The first kappa shape index (κ1) is 3.76. The molecule has 0 spiro atoms. The molecule has 0 aromatic heterocycles. The van der Waals surface area contributed by atoms with Crippen LogP contribution < -0.4 is 0 Å². The van der Waals surface area contributed by atoms with Crippen LogP contribution in [0.25, 0.3) is 0 Å². The Bertz CT molecular complexity index is 199. The first-order valence-corrected chi connectivity index (χ1v) is 6.06. The molecule has 0 unspecified atom stereocenters. The Labute approximate surface area is 63.0 Å². The maximum absolute atomic E-state index is 11.1. The van der Waals surface area contributed by atoms with Gasteiger partial charge in [0.05, 0.1) is 0 Å². The normalized spacial score (nSPS) is 19.6. The molecule has 3 heteroatoms. The van der Waals surface area contributed by atoms with Crippen molar-refractivity contribution in [1.82, 2.24) is 0 Å². The summed E-state index contributed by atoms with van der Waals surface area (Å²) in [5.74, 6) is -1.10. The summed E-state index contributed by atoms with van der Waals surface area (Å²) < 4.78 is 32.7. The van der Waals surface area contributed by atoms with Gasteiger partial charge in [0.15, 0.2) is 0 Å². The zero-order chi connectivity index (χ0) is 10.9. The second kappa shape index (κ2) is 3.01. The monoisotopic (exact) mass is 150 g/mol. The van der Waals surface area contributed by atoms with Gasteiger partial charge in [-0.3, -0.25) is 4.79 Å². The first-order chi connectivity index (χ1) is 5.57. The molecule has 0 heterocycles. The van der Waals surface area contributed by atoms with Crippen LogP contribution >= 0.6 is 0 Å². The summed E-state index contributed by atoms with van der Waals surface area (Å²) >= 11 is 0. The number of carbonyl (C=O) groups excluding carboxylic acids is 1. The quantitative estimate of drug-likeness (QED) is 0.561. The highest BCUT2D eigenvalue weighted by Crippen LogP contribution is 2.03. The van der Waals surface area contributed by atoms with E-state index < -0.39 is 27.5 Å². The topological polar surface area (TPSA) is 26.3 Å². The van der Waals surface area contributed by atoms with Crippen LogP contribution in [-0.4, -0.2) is 14.3 Å². The summed E-state index contributed by atoms with van der Waals surface area (Å²) in [7, 11) is -2.13. The first-order valence-electron chi connectivity index (χ1n) is 4.81. The maximum atomic E-state index is 11.1. The Morgan fingerprint density at radius 1 is 1.78 bits per heavy atom. The van der Waals surface area contributed by atoms with E-state index in [1.165, 1.54) is 0 Å². The third-order valence-corrected chi connectivity index (χ3v) is 1.31. The maximum Gasteiger partial charge on any atom is 0.292 e. The van der Waals surface area contributed by atoms with E-state index in [2.05, 4.69) is 0 Å². The van der Waals surface area contributed by atoms with Gasteiger partial charge in [0, 0.05) is 11.9 Å². The smallest absolute Gasteiger partial charge is 0.292 e. The van der Waals surface area contributed by atoms with Crippen LogP contribution in [0.5, 0.6) is 0 Å². The molecule has 0 aromatic carbocycles. The van der Waals surface area contributed by atoms with Crippen LogP contribution in [0, 0.1) is 0 Å². The number of hydrogen-bond acceptors (Lipinski definition) is 2. The van der Waals surface area contributed by atoms with E-state index >= 15 is 0 Å². The molecule has 0 aliphatic rings. The molecule has 2 nitrogen and oxygen atoms in total. The molecule has 54 valence electrons. The van der Waals surface area contributed by atoms with E-state index in [9.17, 15) is 4.79 Å². The molecular weight excluding hydrogens is 132 g/mol. The minimum absolute atomic E-state index is 1.10. The van der Waals surface area contributed by atoms with E-state index in [1.54, 1.807) is 19.6 Å². The van der Waals surface area contributed by atoms with Crippen molar-refractivity contribution in [3.63, 3.8) is 0 Å². The molecule has 0 aliphatic heterocycles. The third kappa shape index (κ3) is 5.56. The van der Waals surface area contributed by atoms with Crippen LogP contribution in [0.15, 0.2) is 0 Å². The lowest BCUT2D eigenvalue weighted by Crippen LogP contribution is -2.28. The fraction of sp³-hybridized carbons (Fsp3) is 0.833. The summed E-state index contributed by atoms with van der Waals surface area (Å²) in [5, 5.41) is 0. The van der Waals surface area contributed by atoms with Crippen molar-refractivity contribution in [3.05, 3.63) is 0 Å². The Morgan fingerprint density at radius 2 is 2.33 bits per heavy atom. The average molecular weight is 150 g/mol. The highest BCUT2D eigenvalue weighted by molar-refractivity contribution is 6.71. The second-order valence-electron chi connectivity index (χ2n) is 2.65. The lowest BCUT2D eigenvalue weighted by atomic mass is 10.5. The summed E-state index contributed by atoms with van der Waals surface area (Å²) in [6, 6.07) is 0. The van der Waals surface area contributed by atoms with E-state index in [0.29, 0.717) is 0 Å². The van der Waals surface area contributed by atoms with Gasteiger partial charge in [0.2, 0.25) is 8.32 Å². The number of rotatable bonds is 2. The summed E-state index contributed by atoms with van der Waals surface area (Å²) in [6.45, 7) is 3.37. The molecular formula is C6H14O2Si. The van der Waals surface area contributed by atoms with Crippen molar-refractivity contribution in [2.24, 2.45) is 0 Å².